The molecule has 1 aromatic heterocycles. The minimum atomic E-state index is -3.68. The molecule has 172 valence electrons. The minimum absolute atomic E-state index is 0.0268. The van der Waals surface area contributed by atoms with E-state index in [0.29, 0.717) is 25.7 Å². The smallest absolute Gasteiger partial charge is 0.260 e. The van der Waals surface area contributed by atoms with Crippen molar-refractivity contribution >= 4 is 21.6 Å². The Hall–Kier alpha value is -2.82. The Morgan fingerprint density at radius 3 is 2.15 bits per heavy atom. The van der Waals surface area contributed by atoms with Crippen LogP contribution in [-0.4, -0.2) is 42.4 Å². The van der Waals surface area contributed by atoms with Crippen LogP contribution in [0.3, 0.4) is 0 Å². The molecule has 0 atom stereocenters. The molecule has 2 heterocycles. The van der Waals surface area contributed by atoms with Crippen molar-refractivity contribution in [2.75, 3.05) is 13.1 Å². The highest BCUT2D eigenvalue weighted by Gasteiger charge is 2.48. The average Bonchev–Trinajstić information content (AvgIpc) is 2.76. The van der Waals surface area contributed by atoms with Gasteiger partial charge < -0.3 is 0 Å². The second-order valence-electron chi connectivity index (χ2n) is 9.19. The van der Waals surface area contributed by atoms with Gasteiger partial charge in [0.05, 0.1) is 0 Å². The normalized spacial score (nSPS) is 19.4. The molecule has 1 aromatic carbocycles. The minimum Gasteiger partial charge on any atom is -0.299 e. The van der Waals surface area contributed by atoms with E-state index in [0.717, 1.165) is 22.3 Å². The van der Waals surface area contributed by atoms with Crippen LogP contribution in [-0.2, 0) is 19.6 Å². The second-order valence-corrected chi connectivity index (χ2v) is 11.1. The lowest BCUT2D eigenvalue weighted by Crippen LogP contribution is -2.48. The molecular formula is C26H28N2O4S. The number of rotatable bonds is 3. The van der Waals surface area contributed by atoms with Gasteiger partial charge in [-0.1, -0.05) is 12.0 Å². The number of nitrogens with zero attached hydrogens (tertiary/aromatic N) is 2. The van der Waals surface area contributed by atoms with Crippen LogP contribution < -0.4 is 0 Å². The highest BCUT2D eigenvalue weighted by molar-refractivity contribution is 7.89. The first kappa shape index (κ1) is 23.3. The number of ketones is 2. The molecular weight excluding hydrogens is 436 g/mol. The van der Waals surface area contributed by atoms with Crippen molar-refractivity contribution in [1.82, 2.24) is 9.29 Å². The second kappa shape index (κ2) is 8.85. The van der Waals surface area contributed by atoms with Crippen LogP contribution in [0, 0.1) is 31.1 Å². The fraction of sp³-hybridized carbons (Fsp3) is 0.423. The molecule has 2 aliphatic rings. The fourth-order valence-corrected chi connectivity index (χ4v) is 6.71. The molecule has 1 aliphatic heterocycles. The van der Waals surface area contributed by atoms with E-state index in [1.807, 2.05) is 26.0 Å². The SMILES string of the molecule is CC#Cc1cc(C)c(C2C(=O)CC3(CCN(S(=O)(=O)c4ccccn4)CC3)CC2=O)c(C)c1. The molecule has 33 heavy (non-hydrogen) atoms. The fourth-order valence-electron chi connectivity index (χ4n) is 5.34. The van der Waals surface area contributed by atoms with Gasteiger partial charge in [-0.25, -0.2) is 13.4 Å². The van der Waals surface area contributed by atoms with Crippen LogP contribution >= 0.6 is 0 Å². The Labute approximate surface area is 195 Å². The number of pyridine rings is 1. The topological polar surface area (TPSA) is 84.4 Å². The van der Waals surface area contributed by atoms with Crippen LogP contribution in [0.1, 0.15) is 60.8 Å². The number of Topliss-reactive ketones (excluding diaryl/α,β-unsaturated/α-hetero) is 2. The molecule has 0 bridgehead atoms. The lowest BCUT2D eigenvalue weighted by molar-refractivity contribution is -0.138. The number of aryl methyl sites for hydroxylation is 2. The summed E-state index contributed by atoms with van der Waals surface area (Å²) in [4.78, 5) is 30.6. The number of carbonyl (C=O) groups is 2. The van der Waals surface area contributed by atoms with Gasteiger partial charge in [0.25, 0.3) is 10.0 Å². The number of sulfonamides is 1. The van der Waals surface area contributed by atoms with Gasteiger partial charge in [0, 0.05) is 37.7 Å². The van der Waals surface area contributed by atoms with E-state index in [1.165, 1.54) is 16.6 Å². The molecule has 4 rings (SSSR count). The van der Waals surface area contributed by atoms with Gasteiger partial charge in [-0.3, -0.25) is 9.59 Å². The summed E-state index contributed by atoms with van der Waals surface area (Å²) in [6.45, 7) is 6.20. The van der Waals surface area contributed by atoms with Crippen molar-refractivity contribution in [3.63, 3.8) is 0 Å². The summed E-state index contributed by atoms with van der Waals surface area (Å²) in [6, 6.07) is 8.68. The number of benzene rings is 1. The third kappa shape index (κ3) is 4.38. The molecule has 2 aromatic rings. The quantitative estimate of drug-likeness (QED) is 0.512. The first-order chi connectivity index (χ1) is 15.7. The predicted octanol–water partition coefficient (Wildman–Crippen LogP) is 3.56. The molecule has 1 saturated heterocycles. The molecule has 6 nitrogen and oxygen atoms in total. The summed E-state index contributed by atoms with van der Waals surface area (Å²) in [5.41, 5.74) is 3.04. The first-order valence-corrected chi connectivity index (χ1v) is 12.6. The highest BCUT2D eigenvalue weighted by atomic mass is 32.2. The number of hydrogen-bond donors (Lipinski definition) is 0. The van der Waals surface area contributed by atoms with Crippen molar-refractivity contribution in [1.29, 1.82) is 0 Å². The summed E-state index contributed by atoms with van der Waals surface area (Å²) in [5, 5.41) is 0.0268. The van der Waals surface area contributed by atoms with Gasteiger partial charge in [0.2, 0.25) is 0 Å². The maximum Gasteiger partial charge on any atom is 0.260 e. The van der Waals surface area contributed by atoms with Crippen molar-refractivity contribution in [3.8, 4) is 11.8 Å². The summed E-state index contributed by atoms with van der Waals surface area (Å²) < 4.78 is 27.2. The van der Waals surface area contributed by atoms with Crippen LogP contribution in [0.15, 0.2) is 41.6 Å². The van der Waals surface area contributed by atoms with Crippen molar-refractivity contribution in [3.05, 3.63) is 58.8 Å². The molecule has 2 fully saturated rings. The molecule has 1 aliphatic carbocycles. The van der Waals surface area contributed by atoms with Crippen molar-refractivity contribution in [2.45, 2.75) is 57.4 Å². The molecule has 0 N–H and O–H groups in total. The average molecular weight is 465 g/mol. The van der Waals surface area contributed by atoms with Gasteiger partial charge in [0.15, 0.2) is 5.03 Å². The van der Waals surface area contributed by atoms with E-state index >= 15 is 0 Å². The largest absolute Gasteiger partial charge is 0.299 e. The highest BCUT2D eigenvalue weighted by Crippen LogP contribution is 2.47. The number of carbonyl (C=O) groups excluding carboxylic acids is 2. The first-order valence-electron chi connectivity index (χ1n) is 11.2. The molecule has 0 unspecified atom stereocenters. The van der Waals surface area contributed by atoms with E-state index < -0.39 is 21.4 Å². The standard InChI is InChI=1S/C26H28N2O4S/c1-4-7-20-14-18(2)24(19(3)15-20)25-21(29)16-26(17-22(25)30)9-12-28(13-10-26)33(31,32)23-8-5-6-11-27-23/h5-6,8,11,14-15,25H,9-10,12-13,16-17H2,1-3H3. The number of piperidine rings is 1. The van der Waals surface area contributed by atoms with Gasteiger partial charge in [-0.2, -0.15) is 4.31 Å². The monoisotopic (exact) mass is 464 g/mol. The van der Waals surface area contributed by atoms with Crippen LogP contribution in [0.2, 0.25) is 0 Å². The Morgan fingerprint density at radius 2 is 1.64 bits per heavy atom. The molecule has 0 amide bonds. The van der Waals surface area contributed by atoms with Gasteiger partial charge in [0.1, 0.15) is 17.5 Å². The van der Waals surface area contributed by atoms with Gasteiger partial charge >= 0.3 is 0 Å². The molecule has 1 saturated carbocycles. The summed E-state index contributed by atoms with van der Waals surface area (Å²) in [6.07, 6.45) is 3.05. The predicted molar refractivity (Wildman–Crippen MR) is 125 cm³/mol. The van der Waals surface area contributed by atoms with Crippen LogP contribution in [0.25, 0.3) is 0 Å². The Morgan fingerprint density at radius 1 is 1.03 bits per heavy atom. The Bertz CT molecular complexity index is 1220. The number of hydrogen-bond acceptors (Lipinski definition) is 5. The Balaban J connectivity index is 1.52. The van der Waals surface area contributed by atoms with Gasteiger partial charge in [-0.15, -0.1) is 5.92 Å². The van der Waals surface area contributed by atoms with E-state index in [9.17, 15) is 18.0 Å². The lowest BCUT2D eigenvalue weighted by Gasteiger charge is -2.44. The van der Waals surface area contributed by atoms with Crippen molar-refractivity contribution in [2.24, 2.45) is 5.41 Å². The van der Waals surface area contributed by atoms with E-state index in [-0.39, 0.29) is 29.7 Å². The summed E-state index contributed by atoms with van der Waals surface area (Å²) in [7, 11) is -3.68. The van der Waals surface area contributed by atoms with Crippen molar-refractivity contribution < 1.29 is 18.0 Å². The summed E-state index contributed by atoms with van der Waals surface area (Å²) in [5.74, 6) is 5.06. The Kier molecular flexibility index (Phi) is 6.26. The third-order valence-corrected chi connectivity index (χ3v) is 8.73. The zero-order chi connectivity index (χ0) is 23.8. The van der Waals surface area contributed by atoms with Crippen LogP contribution in [0.4, 0.5) is 0 Å². The molecule has 1 spiro atoms. The molecule has 7 heteroatoms. The maximum absolute atomic E-state index is 13.3. The summed E-state index contributed by atoms with van der Waals surface area (Å²) >= 11 is 0. The van der Waals surface area contributed by atoms with E-state index in [2.05, 4.69) is 16.8 Å². The molecule has 0 radical (unpaired) electrons. The maximum atomic E-state index is 13.3. The zero-order valence-corrected chi connectivity index (χ0v) is 20.0. The van der Waals surface area contributed by atoms with E-state index in [1.54, 1.807) is 19.1 Å². The van der Waals surface area contributed by atoms with Crippen LogP contribution in [0.5, 0.6) is 0 Å². The lowest BCUT2D eigenvalue weighted by atomic mass is 9.63. The zero-order valence-electron chi connectivity index (χ0n) is 19.2. The number of aromatic nitrogens is 1. The van der Waals surface area contributed by atoms with E-state index in [4.69, 9.17) is 0 Å². The van der Waals surface area contributed by atoms with Gasteiger partial charge in [-0.05, 0) is 80.0 Å². The third-order valence-electron chi connectivity index (χ3n) is 6.92.